The van der Waals surface area contributed by atoms with Crippen LogP contribution < -0.4 is 20.7 Å². The van der Waals surface area contributed by atoms with Crippen molar-refractivity contribution in [3.8, 4) is 5.75 Å². The Hall–Kier alpha value is -1.47. The molecule has 0 amide bonds. The van der Waals surface area contributed by atoms with Crippen molar-refractivity contribution in [2.45, 2.75) is 63.4 Å². The van der Waals surface area contributed by atoms with Gasteiger partial charge in [-0.1, -0.05) is 12.8 Å². The number of nitrogens with one attached hydrogen (secondary N) is 1. The van der Waals surface area contributed by atoms with Crippen molar-refractivity contribution in [2.75, 3.05) is 11.4 Å². The number of piperazine rings is 1. The quantitative estimate of drug-likeness (QED) is 0.885. The molecule has 2 fully saturated rings. The van der Waals surface area contributed by atoms with Crippen molar-refractivity contribution < 1.29 is 17.9 Å². The molecule has 1 saturated heterocycles. The summed E-state index contributed by atoms with van der Waals surface area (Å²) in [6, 6.07) is 4.18. The maximum absolute atomic E-state index is 14.1. The van der Waals surface area contributed by atoms with Crippen molar-refractivity contribution in [1.29, 1.82) is 0 Å². The molecule has 3 N–H and O–H groups in total. The van der Waals surface area contributed by atoms with Gasteiger partial charge >= 0.3 is 6.61 Å². The highest BCUT2D eigenvalue weighted by atomic mass is 19.3. The highest BCUT2D eigenvalue weighted by molar-refractivity contribution is 5.53. The Labute approximate surface area is 140 Å². The lowest BCUT2D eigenvalue weighted by molar-refractivity contribution is -0.0521. The van der Waals surface area contributed by atoms with Crippen LogP contribution in [0, 0.1) is 5.82 Å². The van der Waals surface area contributed by atoms with Crippen LogP contribution in [-0.2, 0) is 0 Å². The van der Waals surface area contributed by atoms with Crippen LogP contribution in [0.2, 0.25) is 0 Å². The van der Waals surface area contributed by atoms with Gasteiger partial charge in [0.25, 0.3) is 0 Å². The molecular formula is C17H24F3N3O. The third-order valence-corrected chi connectivity index (χ3v) is 4.89. The number of fused-ring (bicyclic) bond motifs is 1. The van der Waals surface area contributed by atoms with E-state index in [4.69, 9.17) is 5.73 Å². The molecule has 134 valence electrons. The smallest absolute Gasteiger partial charge is 0.387 e. The molecule has 0 aromatic heterocycles. The summed E-state index contributed by atoms with van der Waals surface area (Å²) < 4.78 is 42.9. The largest absolute Gasteiger partial charge is 0.432 e. The maximum Gasteiger partial charge on any atom is 0.387 e. The Morgan fingerprint density at radius 1 is 1.33 bits per heavy atom. The molecule has 0 radical (unpaired) electrons. The minimum atomic E-state index is -3.04. The van der Waals surface area contributed by atoms with Crippen LogP contribution >= 0.6 is 0 Å². The summed E-state index contributed by atoms with van der Waals surface area (Å²) in [5, 5.41) is 3.54. The van der Waals surface area contributed by atoms with Crippen molar-refractivity contribution in [3.05, 3.63) is 24.0 Å². The topological polar surface area (TPSA) is 50.5 Å². The van der Waals surface area contributed by atoms with Gasteiger partial charge in [0, 0.05) is 23.8 Å². The number of hydrogen-bond donors (Lipinski definition) is 2. The van der Waals surface area contributed by atoms with Gasteiger partial charge in [-0.15, -0.1) is 0 Å². The number of nitrogens with two attached hydrogens (primary N) is 1. The van der Waals surface area contributed by atoms with Crippen LogP contribution in [-0.4, -0.2) is 30.4 Å². The number of alkyl halides is 2. The number of halogens is 3. The van der Waals surface area contributed by atoms with E-state index in [0.29, 0.717) is 12.2 Å². The normalized spacial score (nSPS) is 29.5. The number of rotatable bonds is 3. The first-order valence-corrected chi connectivity index (χ1v) is 8.29. The fourth-order valence-corrected chi connectivity index (χ4v) is 4.10. The Bertz CT molecular complexity index is 611. The molecular weight excluding hydrogens is 319 g/mol. The van der Waals surface area contributed by atoms with Crippen molar-refractivity contribution in [1.82, 2.24) is 5.32 Å². The molecule has 0 unspecified atom stereocenters. The molecule has 1 saturated carbocycles. The average molecular weight is 343 g/mol. The molecule has 1 aliphatic heterocycles. The fourth-order valence-electron chi connectivity index (χ4n) is 4.10. The SMILES string of the molecule is CC1(C)CN(c2ccc(OC(F)F)c(F)c2)[C@H]2CCCC[C@]2(N)N1. The Balaban J connectivity index is 1.92. The van der Waals surface area contributed by atoms with E-state index in [1.54, 1.807) is 6.07 Å². The second kappa shape index (κ2) is 6.11. The fraction of sp³-hybridized carbons (Fsp3) is 0.647. The van der Waals surface area contributed by atoms with Gasteiger partial charge in [-0.3, -0.25) is 5.32 Å². The number of benzene rings is 1. The highest BCUT2D eigenvalue weighted by Gasteiger charge is 2.48. The van der Waals surface area contributed by atoms with Crippen LogP contribution in [0.3, 0.4) is 0 Å². The first-order chi connectivity index (χ1) is 11.2. The van der Waals surface area contributed by atoms with Gasteiger partial charge in [-0.2, -0.15) is 8.78 Å². The van der Waals surface area contributed by atoms with E-state index in [1.165, 1.54) is 12.1 Å². The Kier molecular flexibility index (Phi) is 4.42. The van der Waals surface area contributed by atoms with Gasteiger partial charge in [0.1, 0.15) is 0 Å². The molecule has 1 aromatic carbocycles. The molecule has 7 heteroatoms. The number of ether oxygens (including phenoxy) is 1. The zero-order chi connectivity index (χ0) is 17.5. The van der Waals surface area contributed by atoms with E-state index in [9.17, 15) is 13.2 Å². The molecule has 0 bridgehead atoms. The van der Waals surface area contributed by atoms with Crippen molar-refractivity contribution in [3.63, 3.8) is 0 Å². The summed E-state index contributed by atoms with van der Waals surface area (Å²) in [6.07, 6.45) is 3.89. The molecule has 0 spiro atoms. The summed E-state index contributed by atoms with van der Waals surface area (Å²) in [6.45, 7) is 1.73. The van der Waals surface area contributed by atoms with E-state index in [-0.39, 0.29) is 11.6 Å². The summed E-state index contributed by atoms with van der Waals surface area (Å²) in [5.41, 5.74) is 6.50. The summed E-state index contributed by atoms with van der Waals surface area (Å²) in [7, 11) is 0. The zero-order valence-corrected chi connectivity index (χ0v) is 14.0. The number of nitrogens with zero attached hydrogens (tertiary/aromatic N) is 1. The summed E-state index contributed by atoms with van der Waals surface area (Å²) in [4.78, 5) is 2.10. The van der Waals surface area contributed by atoms with Gasteiger partial charge in [0.05, 0.1) is 11.7 Å². The molecule has 2 atom stereocenters. The molecule has 1 heterocycles. The second-order valence-electron chi connectivity index (χ2n) is 7.43. The number of anilines is 1. The molecule has 1 aliphatic carbocycles. The second-order valence-corrected chi connectivity index (χ2v) is 7.43. The van der Waals surface area contributed by atoms with Gasteiger partial charge in [0.15, 0.2) is 11.6 Å². The standard InChI is InChI=1S/C17H24F3N3O/c1-16(2)10-23(14-5-3-4-8-17(14,21)22-16)11-6-7-13(12(18)9-11)24-15(19)20/h6-7,9,14-15,22H,3-5,8,10,21H2,1-2H3/t14-,17-/m0/s1. The first-order valence-electron chi connectivity index (χ1n) is 8.29. The van der Waals surface area contributed by atoms with Crippen LogP contribution in [0.1, 0.15) is 39.5 Å². The van der Waals surface area contributed by atoms with Gasteiger partial charge in [0.2, 0.25) is 0 Å². The van der Waals surface area contributed by atoms with Gasteiger partial charge in [-0.05, 0) is 38.8 Å². The minimum Gasteiger partial charge on any atom is -0.432 e. The monoisotopic (exact) mass is 343 g/mol. The lowest BCUT2D eigenvalue weighted by Gasteiger charge is -2.57. The molecule has 24 heavy (non-hydrogen) atoms. The summed E-state index contributed by atoms with van der Waals surface area (Å²) in [5.74, 6) is -1.23. The molecule has 2 aliphatic rings. The van der Waals surface area contributed by atoms with Gasteiger partial charge in [-0.25, -0.2) is 4.39 Å². The Morgan fingerprint density at radius 3 is 2.75 bits per heavy atom. The lowest BCUT2D eigenvalue weighted by atomic mass is 9.78. The van der Waals surface area contributed by atoms with Crippen LogP contribution in [0.4, 0.5) is 18.9 Å². The Morgan fingerprint density at radius 2 is 2.08 bits per heavy atom. The van der Waals surface area contributed by atoms with Crippen LogP contribution in [0.5, 0.6) is 5.75 Å². The molecule has 3 rings (SSSR count). The van der Waals surface area contributed by atoms with E-state index in [0.717, 1.165) is 25.7 Å². The summed E-state index contributed by atoms with van der Waals surface area (Å²) >= 11 is 0. The predicted octanol–water partition coefficient (Wildman–Crippen LogP) is 3.21. The minimum absolute atomic E-state index is 0.0422. The van der Waals surface area contributed by atoms with Crippen LogP contribution in [0.25, 0.3) is 0 Å². The highest BCUT2D eigenvalue weighted by Crippen LogP contribution is 2.38. The van der Waals surface area contributed by atoms with Crippen LogP contribution in [0.15, 0.2) is 18.2 Å². The molecule has 4 nitrogen and oxygen atoms in total. The first kappa shape index (κ1) is 17.4. The zero-order valence-electron chi connectivity index (χ0n) is 14.0. The lowest BCUT2D eigenvalue weighted by Crippen LogP contribution is -2.78. The third-order valence-electron chi connectivity index (χ3n) is 4.89. The van der Waals surface area contributed by atoms with E-state index >= 15 is 0 Å². The van der Waals surface area contributed by atoms with E-state index < -0.39 is 23.8 Å². The van der Waals surface area contributed by atoms with E-state index in [2.05, 4.69) is 28.8 Å². The van der Waals surface area contributed by atoms with Crippen molar-refractivity contribution >= 4 is 5.69 Å². The average Bonchev–Trinajstić information content (AvgIpc) is 2.46. The molecule has 1 aromatic rings. The van der Waals surface area contributed by atoms with E-state index in [1.807, 2.05) is 0 Å². The van der Waals surface area contributed by atoms with Crippen molar-refractivity contribution in [2.24, 2.45) is 5.73 Å². The predicted molar refractivity (Wildman–Crippen MR) is 86.8 cm³/mol. The third kappa shape index (κ3) is 3.32. The maximum atomic E-state index is 14.1. The number of hydrogen-bond acceptors (Lipinski definition) is 4. The van der Waals surface area contributed by atoms with Gasteiger partial charge < -0.3 is 15.4 Å².